The van der Waals surface area contributed by atoms with E-state index in [-0.39, 0.29) is 18.4 Å². The zero-order valence-electron chi connectivity index (χ0n) is 14.1. The molecule has 0 heterocycles. The third kappa shape index (κ3) is 15.3. The summed E-state index contributed by atoms with van der Waals surface area (Å²) in [6, 6.07) is 0. The number of carbonyl (C=O) groups excluding carboxylic acids is 2. The lowest BCUT2D eigenvalue weighted by Crippen LogP contribution is -2.27. The van der Waals surface area contributed by atoms with Gasteiger partial charge in [-0.2, -0.15) is 0 Å². The van der Waals surface area contributed by atoms with Crippen LogP contribution in [0, 0.1) is 0 Å². The van der Waals surface area contributed by atoms with Crippen LogP contribution in [-0.2, 0) is 19.1 Å². The molecule has 0 radical (unpaired) electrons. The van der Waals surface area contributed by atoms with E-state index in [1.165, 1.54) is 7.11 Å². The van der Waals surface area contributed by atoms with Crippen molar-refractivity contribution in [3.8, 4) is 0 Å². The normalized spacial score (nSPS) is 10.5. The third-order valence-corrected chi connectivity index (χ3v) is 3.17. The van der Waals surface area contributed by atoms with Gasteiger partial charge in [0.1, 0.15) is 6.61 Å². The number of methoxy groups -OCH3 is 1. The lowest BCUT2D eigenvalue weighted by Gasteiger charge is -2.06. The highest BCUT2D eigenvalue weighted by Gasteiger charge is 1.98. The fraction of sp³-hybridized carbons (Fsp3) is 0.875. The summed E-state index contributed by atoms with van der Waals surface area (Å²) in [5, 5.41) is 5.65. The van der Waals surface area contributed by atoms with Crippen LogP contribution in [0.2, 0.25) is 0 Å². The lowest BCUT2D eigenvalue weighted by atomic mass is 10.2. The van der Waals surface area contributed by atoms with Gasteiger partial charge in [-0.3, -0.25) is 9.59 Å². The van der Waals surface area contributed by atoms with Crippen molar-refractivity contribution < 1.29 is 19.1 Å². The molecule has 0 atom stereocenters. The number of hydrogen-bond acceptors (Lipinski definition) is 4. The van der Waals surface area contributed by atoms with Gasteiger partial charge in [0, 0.05) is 39.8 Å². The first-order chi connectivity index (χ1) is 10.7. The van der Waals surface area contributed by atoms with Crippen LogP contribution in [0.4, 0.5) is 0 Å². The molecule has 0 spiro atoms. The summed E-state index contributed by atoms with van der Waals surface area (Å²) in [6.07, 6.45) is 6.72. The predicted octanol–water partition coefficient (Wildman–Crippen LogP) is 1.63. The number of unbranched alkanes of at least 4 members (excludes halogenated alkanes) is 4. The number of rotatable bonds is 15. The Morgan fingerprint density at radius 1 is 0.818 bits per heavy atom. The maximum absolute atomic E-state index is 11.1. The first-order valence-electron chi connectivity index (χ1n) is 8.30. The third-order valence-electron chi connectivity index (χ3n) is 3.17. The Bertz CT molecular complexity index is 285. The van der Waals surface area contributed by atoms with Gasteiger partial charge in [-0.05, 0) is 38.5 Å². The van der Waals surface area contributed by atoms with E-state index in [9.17, 15) is 9.59 Å². The van der Waals surface area contributed by atoms with E-state index in [1.54, 1.807) is 0 Å². The minimum Gasteiger partial charge on any atom is -0.381 e. The standard InChI is InChI=1S/C16H32N2O4/c1-3-15(19)17-10-6-4-8-12-22-13-9-5-7-11-18-16(20)14-21-2/h3-14H2,1-2H3,(H,17,19)(H,18,20). The average Bonchev–Trinajstić information content (AvgIpc) is 2.51. The quantitative estimate of drug-likeness (QED) is 0.450. The second-order valence-electron chi connectivity index (χ2n) is 5.22. The summed E-state index contributed by atoms with van der Waals surface area (Å²) in [4.78, 5) is 22.1. The van der Waals surface area contributed by atoms with Crippen molar-refractivity contribution in [2.24, 2.45) is 0 Å². The highest BCUT2D eigenvalue weighted by Crippen LogP contribution is 1.98. The van der Waals surface area contributed by atoms with E-state index < -0.39 is 0 Å². The van der Waals surface area contributed by atoms with Crippen LogP contribution in [0.3, 0.4) is 0 Å². The first kappa shape index (κ1) is 20.9. The SMILES string of the molecule is CCC(=O)NCCCCCOCCCCCNC(=O)COC. The van der Waals surface area contributed by atoms with Gasteiger partial charge >= 0.3 is 0 Å². The molecule has 6 heteroatoms. The van der Waals surface area contributed by atoms with Crippen LogP contribution in [0.25, 0.3) is 0 Å². The number of amides is 2. The molecule has 0 aromatic heterocycles. The minimum atomic E-state index is -0.0612. The van der Waals surface area contributed by atoms with E-state index >= 15 is 0 Å². The van der Waals surface area contributed by atoms with Gasteiger partial charge in [-0.1, -0.05) is 6.92 Å². The van der Waals surface area contributed by atoms with Crippen LogP contribution in [0.15, 0.2) is 0 Å². The molecule has 6 nitrogen and oxygen atoms in total. The predicted molar refractivity (Wildman–Crippen MR) is 86.7 cm³/mol. The van der Waals surface area contributed by atoms with Crippen LogP contribution in [0.1, 0.15) is 51.9 Å². The second-order valence-corrected chi connectivity index (χ2v) is 5.22. The fourth-order valence-corrected chi connectivity index (χ4v) is 1.88. The molecule has 0 aromatic rings. The van der Waals surface area contributed by atoms with Crippen molar-refractivity contribution in [2.45, 2.75) is 51.9 Å². The van der Waals surface area contributed by atoms with Gasteiger partial charge in [0.05, 0.1) is 0 Å². The van der Waals surface area contributed by atoms with Crippen LogP contribution >= 0.6 is 0 Å². The second kappa shape index (κ2) is 16.2. The first-order valence-corrected chi connectivity index (χ1v) is 8.30. The van der Waals surface area contributed by atoms with E-state index in [0.717, 1.165) is 58.3 Å². The number of hydrogen-bond donors (Lipinski definition) is 2. The number of ether oxygens (including phenoxy) is 2. The molecular formula is C16H32N2O4. The van der Waals surface area contributed by atoms with E-state index in [4.69, 9.17) is 9.47 Å². The molecule has 0 saturated heterocycles. The summed E-state index contributed by atoms with van der Waals surface area (Å²) >= 11 is 0. The summed E-state index contributed by atoms with van der Waals surface area (Å²) in [5.74, 6) is 0.0588. The molecule has 0 rings (SSSR count). The van der Waals surface area contributed by atoms with Gasteiger partial charge in [-0.25, -0.2) is 0 Å². The highest BCUT2D eigenvalue weighted by molar-refractivity contribution is 5.77. The van der Waals surface area contributed by atoms with Gasteiger partial charge < -0.3 is 20.1 Å². The van der Waals surface area contributed by atoms with Crippen molar-refractivity contribution in [1.29, 1.82) is 0 Å². The molecule has 0 aliphatic rings. The Hall–Kier alpha value is -1.14. The largest absolute Gasteiger partial charge is 0.381 e. The molecule has 0 aromatic carbocycles. The molecular weight excluding hydrogens is 284 g/mol. The molecule has 2 N–H and O–H groups in total. The smallest absolute Gasteiger partial charge is 0.245 e. The van der Waals surface area contributed by atoms with E-state index in [2.05, 4.69) is 10.6 Å². The summed E-state index contributed by atoms with van der Waals surface area (Å²) in [6.45, 7) is 5.01. The van der Waals surface area contributed by atoms with Crippen molar-refractivity contribution in [1.82, 2.24) is 10.6 Å². The Morgan fingerprint density at radius 3 is 1.86 bits per heavy atom. The fourth-order valence-electron chi connectivity index (χ4n) is 1.88. The van der Waals surface area contributed by atoms with E-state index in [0.29, 0.717) is 13.0 Å². The number of carbonyl (C=O) groups is 2. The zero-order chi connectivity index (χ0) is 16.5. The number of nitrogens with one attached hydrogen (secondary N) is 2. The molecule has 0 unspecified atom stereocenters. The summed E-state index contributed by atoms with van der Waals surface area (Å²) in [5.41, 5.74) is 0. The lowest BCUT2D eigenvalue weighted by molar-refractivity contribution is -0.124. The van der Waals surface area contributed by atoms with Gasteiger partial charge in [0.15, 0.2) is 0 Å². The monoisotopic (exact) mass is 316 g/mol. The topological polar surface area (TPSA) is 76.7 Å². The molecule has 0 aliphatic heterocycles. The minimum absolute atomic E-state index is 0.0612. The molecule has 0 saturated carbocycles. The maximum Gasteiger partial charge on any atom is 0.245 e. The van der Waals surface area contributed by atoms with Gasteiger partial charge in [-0.15, -0.1) is 0 Å². The molecule has 22 heavy (non-hydrogen) atoms. The van der Waals surface area contributed by atoms with Crippen molar-refractivity contribution in [3.05, 3.63) is 0 Å². The summed E-state index contributed by atoms with van der Waals surface area (Å²) in [7, 11) is 1.51. The highest BCUT2D eigenvalue weighted by atomic mass is 16.5. The Morgan fingerprint density at radius 2 is 1.36 bits per heavy atom. The molecule has 130 valence electrons. The Kier molecular flexibility index (Phi) is 15.4. The summed E-state index contributed by atoms with van der Waals surface area (Å²) < 4.78 is 10.3. The zero-order valence-corrected chi connectivity index (χ0v) is 14.1. The Balaban J connectivity index is 3.08. The maximum atomic E-state index is 11.1. The van der Waals surface area contributed by atoms with E-state index in [1.807, 2.05) is 6.92 Å². The van der Waals surface area contributed by atoms with Crippen LogP contribution < -0.4 is 10.6 Å². The molecule has 0 fully saturated rings. The van der Waals surface area contributed by atoms with Crippen molar-refractivity contribution in [3.63, 3.8) is 0 Å². The van der Waals surface area contributed by atoms with Crippen molar-refractivity contribution >= 4 is 11.8 Å². The van der Waals surface area contributed by atoms with Gasteiger partial charge in [0.2, 0.25) is 11.8 Å². The Labute approximate surface area is 134 Å². The van der Waals surface area contributed by atoms with Gasteiger partial charge in [0.25, 0.3) is 0 Å². The van der Waals surface area contributed by atoms with Crippen LogP contribution in [-0.4, -0.2) is 51.8 Å². The molecule has 2 amide bonds. The van der Waals surface area contributed by atoms with Crippen LogP contribution in [0.5, 0.6) is 0 Å². The molecule has 0 aliphatic carbocycles. The molecule has 0 bridgehead atoms. The average molecular weight is 316 g/mol. The van der Waals surface area contributed by atoms with Crippen molar-refractivity contribution in [2.75, 3.05) is 40.0 Å².